The maximum absolute atomic E-state index is 13.3. The number of thiazole rings is 1. The molecule has 0 fully saturated rings. The third kappa shape index (κ3) is 5.87. The summed E-state index contributed by atoms with van der Waals surface area (Å²) in [5.41, 5.74) is 3.25. The van der Waals surface area contributed by atoms with Crippen molar-refractivity contribution in [2.24, 2.45) is 5.92 Å². The van der Waals surface area contributed by atoms with Gasteiger partial charge in [-0.25, -0.2) is 9.37 Å². The molecule has 0 spiro atoms. The Morgan fingerprint density at radius 3 is 2.62 bits per heavy atom. The Bertz CT molecular complexity index is 939. The predicted octanol–water partition coefficient (Wildman–Crippen LogP) is 6.85. The third-order valence-corrected chi connectivity index (χ3v) is 5.56. The van der Waals surface area contributed by atoms with Crippen molar-refractivity contribution in [2.45, 2.75) is 39.5 Å². The smallest absolute Gasteiger partial charge is 0.227 e. The van der Waals surface area contributed by atoms with E-state index in [1.807, 2.05) is 29.6 Å². The Balaban J connectivity index is 1.63. The monoisotopic (exact) mass is 411 g/mol. The molecule has 2 aromatic carbocycles. The van der Waals surface area contributed by atoms with Crippen molar-refractivity contribution in [3.05, 3.63) is 59.7 Å². The Morgan fingerprint density at radius 1 is 1.14 bits per heavy atom. The van der Waals surface area contributed by atoms with Crippen LogP contribution in [0.5, 0.6) is 0 Å². The van der Waals surface area contributed by atoms with E-state index in [0.717, 1.165) is 42.6 Å². The molecule has 0 saturated heterocycles. The lowest BCUT2D eigenvalue weighted by molar-refractivity contribution is -0.120. The van der Waals surface area contributed by atoms with Crippen LogP contribution in [0.2, 0.25) is 0 Å². The Labute approximate surface area is 175 Å². The van der Waals surface area contributed by atoms with Crippen molar-refractivity contribution in [2.75, 3.05) is 10.6 Å². The standard InChI is InChI=1S/C23H26FN3OS/c1-3-5-7-16(4-2)22(28)25-19-12-10-17(11-13-19)21-15-29-23(27-21)26-20-9-6-8-18(24)14-20/h6,8-16H,3-5,7H2,1-2H3,(H,25,28)(H,26,27). The molecule has 1 atom stereocenters. The first-order valence-electron chi connectivity index (χ1n) is 9.98. The highest BCUT2D eigenvalue weighted by atomic mass is 32.1. The number of halogens is 1. The molecule has 1 amide bonds. The van der Waals surface area contributed by atoms with E-state index < -0.39 is 0 Å². The van der Waals surface area contributed by atoms with Crippen LogP contribution in [-0.2, 0) is 4.79 Å². The van der Waals surface area contributed by atoms with Crippen LogP contribution >= 0.6 is 11.3 Å². The highest BCUT2D eigenvalue weighted by Crippen LogP contribution is 2.28. The van der Waals surface area contributed by atoms with Gasteiger partial charge >= 0.3 is 0 Å². The lowest BCUT2D eigenvalue weighted by Gasteiger charge is -2.14. The lowest BCUT2D eigenvalue weighted by Crippen LogP contribution is -2.22. The van der Waals surface area contributed by atoms with Crippen molar-refractivity contribution in [3.63, 3.8) is 0 Å². The summed E-state index contributed by atoms with van der Waals surface area (Å²) in [5, 5.41) is 8.79. The number of unbranched alkanes of at least 4 members (excludes halogenated alkanes) is 1. The number of carbonyl (C=O) groups is 1. The summed E-state index contributed by atoms with van der Waals surface area (Å²) >= 11 is 1.46. The van der Waals surface area contributed by atoms with Crippen LogP contribution < -0.4 is 10.6 Å². The van der Waals surface area contributed by atoms with Crippen LogP contribution in [0.4, 0.5) is 20.9 Å². The molecule has 0 aliphatic heterocycles. The topological polar surface area (TPSA) is 54.0 Å². The fraction of sp³-hybridized carbons (Fsp3) is 0.304. The van der Waals surface area contributed by atoms with E-state index in [9.17, 15) is 9.18 Å². The average molecular weight is 412 g/mol. The van der Waals surface area contributed by atoms with Gasteiger partial charge < -0.3 is 10.6 Å². The highest BCUT2D eigenvalue weighted by molar-refractivity contribution is 7.14. The Morgan fingerprint density at radius 2 is 1.93 bits per heavy atom. The van der Waals surface area contributed by atoms with Gasteiger partial charge in [0.05, 0.1) is 5.69 Å². The molecule has 0 aliphatic rings. The predicted molar refractivity (Wildman–Crippen MR) is 119 cm³/mol. The van der Waals surface area contributed by atoms with Crippen molar-refractivity contribution in [3.8, 4) is 11.3 Å². The van der Waals surface area contributed by atoms with E-state index in [-0.39, 0.29) is 17.6 Å². The summed E-state index contributed by atoms with van der Waals surface area (Å²) in [7, 11) is 0. The van der Waals surface area contributed by atoms with Gasteiger partial charge in [-0.05, 0) is 43.2 Å². The molecule has 3 aromatic rings. The van der Waals surface area contributed by atoms with E-state index >= 15 is 0 Å². The third-order valence-electron chi connectivity index (χ3n) is 4.80. The van der Waals surface area contributed by atoms with Gasteiger partial charge in [-0.1, -0.05) is 44.9 Å². The second-order valence-corrected chi connectivity index (χ2v) is 7.85. The van der Waals surface area contributed by atoms with E-state index in [0.29, 0.717) is 10.8 Å². The summed E-state index contributed by atoms with van der Waals surface area (Å²) in [6.45, 7) is 4.20. The van der Waals surface area contributed by atoms with E-state index in [4.69, 9.17) is 0 Å². The van der Waals surface area contributed by atoms with E-state index in [2.05, 4.69) is 29.5 Å². The first kappa shape index (κ1) is 21.0. The number of aromatic nitrogens is 1. The number of benzene rings is 2. The highest BCUT2D eigenvalue weighted by Gasteiger charge is 2.16. The summed E-state index contributed by atoms with van der Waals surface area (Å²) in [4.78, 5) is 17.0. The second kappa shape index (κ2) is 10.2. The number of nitrogens with zero attached hydrogens (tertiary/aromatic N) is 1. The minimum atomic E-state index is -0.288. The van der Waals surface area contributed by atoms with Crippen LogP contribution in [0.25, 0.3) is 11.3 Å². The molecule has 3 rings (SSSR count). The van der Waals surface area contributed by atoms with E-state index in [1.165, 1.54) is 23.5 Å². The van der Waals surface area contributed by atoms with Crippen molar-refractivity contribution in [1.29, 1.82) is 0 Å². The average Bonchev–Trinajstić information content (AvgIpc) is 3.17. The zero-order valence-electron chi connectivity index (χ0n) is 16.7. The molecule has 152 valence electrons. The molecule has 0 aliphatic carbocycles. The van der Waals surface area contributed by atoms with Gasteiger partial charge in [0.15, 0.2) is 5.13 Å². The molecule has 6 heteroatoms. The van der Waals surface area contributed by atoms with Gasteiger partial charge in [0.25, 0.3) is 0 Å². The zero-order valence-corrected chi connectivity index (χ0v) is 17.6. The van der Waals surface area contributed by atoms with Gasteiger partial charge in [-0.15, -0.1) is 11.3 Å². The number of hydrogen-bond acceptors (Lipinski definition) is 4. The molecular weight excluding hydrogens is 385 g/mol. The number of hydrogen-bond donors (Lipinski definition) is 2. The molecule has 0 saturated carbocycles. The minimum absolute atomic E-state index is 0.0598. The fourth-order valence-corrected chi connectivity index (χ4v) is 3.83. The number of amides is 1. The Kier molecular flexibility index (Phi) is 7.36. The molecule has 1 aromatic heterocycles. The first-order valence-corrected chi connectivity index (χ1v) is 10.9. The van der Waals surface area contributed by atoms with Crippen LogP contribution in [0, 0.1) is 11.7 Å². The number of nitrogens with one attached hydrogen (secondary N) is 2. The van der Waals surface area contributed by atoms with Crippen molar-refractivity contribution >= 4 is 33.8 Å². The Hall–Kier alpha value is -2.73. The summed E-state index contributed by atoms with van der Waals surface area (Å²) in [6.07, 6.45) is 3.95. The normalized spacial score (nSPS) is 11.8. The van der Waals surface area contributed by atoms with Gasteiger partial charge in [-0.3, -0.25) is 4.79 Å². The molecule has 0 bridgehead atoms. The quantitative estimate of drug-likeness (QED) is 0.405. The summed E-state index contributed by atoms with van der Waals surface area (Å²) in [6, 6.07) is 14.0. The molecule has 1 unspecified atom stereocenters. The molecule has 0 radical (unpaired) electrons. The molecular formula is C23H26FN3OS. The van der Waals surface area contributed by atoms with Gasteiger partial charge in [0.2, 0.25) is 5.91 Å². The van der Waals surface area contributed by atoms with Crippen LogP contribution in [0.1, 0.15) is 39.5 Å². The van der Waals surface area contributed by atoms with Crippen molar-refractivity contribution in [1.82, 2.24) is 4.98 Å². The van der Waals surface area contributed by atoms with Gasteiger partial charge in [0, 0.05) is 28.2 Å². The first-order chi connectivity index (χ1) is 14.1. The fourth-order valence-electron chi connectivity index (χ4n) is 3.09. The SMILES string of the molecule is CCCCC(CC)C(=O)Nc1ccc(-c2csc(Nc3cccc(F)c3)n2)cc1. The van der Waals surface area contributed by atoms with Crippen molar-refractivity contribution < 1.29 is 9.18 Å². The van der Waals surface area contributed by atoms with Gasteiger partial charge in [0.1, 0.15) is 5.82 Å². The largest absolute Gasteiger partial charge is 0.331 e. The molecule has 4 nitrogen and oxygen atoms in total. The van der Waals surface area contributed by atoms with Crippen LogP contribution in [0.3, 0.4) is 0 Å². The minimum Gasteiger partial charge on any atom is -0.331 e. The van der Waals surface area contributed by atoms with Gasteiger partial charge in [-0.2, -0.15) is 0 Å². The second-order valence-electron chi connectivity index (χ2n) is 6.99. The molecule has 1 heterocycles. The molecule has 2 N–H and O–H groups in total. The summed E-state index contributed by atoms with van der Waals surface area (Å²) < 4.78 is 13.3. The van der Waals surface area contributed by atoms with Crippen LogP contribution in [0.15, 0.2) is 53.9 Å². The molecule has 29 heavy (non-hydrogen) atoms. The number of anilines is 3. The maximum Gasteiger partial charge on any atom is 0.227 e. The van der Waals surface area contributed by atoms with E-state index in [1.54, 1.807) is 12.1 Å². The van der Waals surface area contributed by atoms with Crippen LogP contribution in [-0.4, -0.2) is 10.9 Å². The lowest BCUT2D eigenvalue weighted by atomic mass is 9.98. The summed E-state index contributed by atoms with van der Waals surface area (Å²) in [5.74, 6) is -0.141. The zero-order chi connectivity index (χ0) is 20.6. The number of carbonyl (C=O) groups excluding carboxylic acids is 1. The maximum atomic E-state index is 13.3. The number of rotatable bonds is 9.